The Kier molecular flexibility index (Phi) is 3.66. The number of ether oxygens (including phenoxy) is 2. The van der Waals surface area contributed by atoms with E-state index in [-0.39, 0.29) is 0 Å². The molecule has 2 rings (SSSR count). The van der Waals surface area contributed by atoms with Crippen LogP contribution in [0.2, 0.25) is 0 Å². The van der Waals surface area contributed by atoms with Gasteiger partial charge < -0.3 is 14.0 Å². The second-order valence-corrected chi connectivity index (χ2v) is 4.95. The number of methoxy groups -OCH3 is 1. The topological polar surface area (TPSA) is 60.1 Å². The summed E-state index contributed by atoms with van der Waals surface area (Å²) in [5.41, 5.74) is -0.0799. The minimum absolute atomic E-state index is 0.531. The van der Waals surface area contributed by atoms with Gasteiger partial charge in [-0.1, -0.05) is 0 Å². The standard InChI is InChI=1S/C15H17N3O2/c1-15(2,14-17-7-8-18(14)3)20-12-6-5-11(10-16)9-13(12)19-4/h5-9H,1-4H3. The van der Waals surface area contributed by atoms with E-state index in [1.54, 1.807) is 31.5 Å². The number of benzene rings is 1. The monoisotopic (exact) mass is 271 g/mol. The molecule has 0 N–H and O–H groups in total. The molecule has 20 heavy (non-hydrogen) atoms. The Hall–Kier alpha value is -2.48. The van der Waals surface area contributed by atoms with Crippen LogP contribution >= 0.6 is 0 Å². The average Bonchev–Trinajstić information content (AvgIpc) is 2.86. The van der Waals surface area contributed by atoms with Gasteiger partial charge in [0.05, 0.1) is 18.7 Å². The highest BCUT2D eigenvalue weighted by atomic mass is 16.5. The van der Waals surface area contributed by atoms with Gasteiger partial charge in [0.25, 0.3) is 0 Å². The maximum Gasteiger partial charge on any atom is 0.162 e. The van der Waals surface area contributed by atoms with Gasteiger partial charge >= 0.3 is 0 Å². The van der Waals surface area contributed by atoms with Crippen molar-refractivity contribution in [3.63, 3.8) is 0 Å². The second kappa shape index (κ2) is 5.25. The van der Waals surface area contributed by atoms with E-state index in [1.165, 1.54) is 0 Å². The molecule has 0 bridgehead atoms. The smallest absolute Gasteiger partial charge is 0.162 e. The van der Waals surface area contributed by atoms with Crippen LogP contribution in [0, 0.1) is 11.3 Å². The Labute approximate surface area is 118 Å². The lowest BCUT2D eigenvalue weighted by atomic mass is 10.1. The minimum atomic E-state index is -0.611. The maximum atomic E-state index is 8.91. The number of aromatic nitrogens is 2. The van der Waals surface area contributed by atoms with Gasteiger partial charge in [0, 0.05) is 25.5 Å². The predicted molar refractivity (Wildman–Crippen MR) is 74.6 cm³/mol. The largest absolute Gasteiger partial charge is 0.493 e. The van der Waals surface area contributed by atoms with Crippen LogP contribution in [0.4, 0.5) is 0 Å². The van der Waals surface area contributed by atoms with Crippen molar-refractivity contribution in [2.45, 2.75) is 19.4 Å². The third-order valence-electron chi connectivity index (χ3n) is 3.02. The summed E-state index contributed by atoms with van der Waals surface area (Å²) < 4.78 is 13.2. The van der Waals surface area contributed by atoms with Crippen molar-refractivity contribution in [2.75, 3.05) is 7.11 Å². The highest BCUT2D eigenvalue weighted by Crippen LogP contribution is 2.34. The van der Waals surface area contributed by atoms with E-state index >= 15 is 0 Å². The van der Waals surface area contributed by atoms with E-state index in [0.717, 1.165) is 5.82 Å². The van der Waals surface area contributed by atoms with Gasteiger partial charge in [-0.05, 0) is 26.0 Å². The molecule has 104 valence electrons. The summed E-state index contributed by atoms with van der Waals surface area (Å²) in [5.74, 6) is 1.93. The molecule has 0 fully saturated rings. The third-order valence-corrected chi connectivity index (χ3v) is 3.02. The molecular formula is C15H17N3O2. The fraction of sp³-hybridized carbons (Fsp3) is 0.333. The molecule has 0 aliphatic heterocycles. The first-order chi connectivity index (χ1) is 9.47. The second-order valence-electron chi connectivity index (χ2n) is 4.95. The first-order valence-corrected chi connectivity index (χ1v) is 6.23. The van der Waals surface area contributed by atoms with E-state index in [9.17, 15) is 0 Å². The fourth-order valence-electron chi connectivity index (χ4n) is 2.09. The van der Waals surface area contributed by atoms with Gasteiger partial charge in [-0.25, -0.2) is 4.98 Å². The van der Waals surface area contributed by atoms with Crippen molar-refractivity contribution < 1.29 is 9.47 Å². The van der Waals surface area contributed by atoms with Crippen LogP contribution in [0.25, 0.3) is 0 Å². The molecule has 0 aliphatic carbocycles. The zero-order valence-electron chi connectivity index (χ0n) is 12.0. The molecule has 1 heterocycles. The highest BCUT2D eigenvalue weighted by Gasteiger charge is 2.28. The zero-order chi connectivity index (χ0) is 14.8. The number of hydrogen-bond donors (Lipinski definition) is 0. The molecule has 0 saturated carbocycles. The Bertz CT molecular complexity index is 653. The molecule has 0 saturated heterocycles. The molecule has 2 aromatic rings. The van der Waals surface area contributed by atoms with Crippen LogP contribution in [-0.4, -0.2) is 16.7 Å². The Morgan fingerprint density at radius 1 is 1.30 bits per heavy atom. The third kappa shape index (κ3) is 2.59. The molecule has 0 spiro atoms. The van der Waals surface area contributed by atoms with Gasteiger partial charge in [0.15, 0.2) is 22.9 Å². The molecule has 0 amide bonds. The van der Waals surface area contributed by atoms with Gasteiger partial charge in [0.1, 0.15) is 0 Å². The lowest BCUT2D eigenvalue weighted by Crippen LogP contribution is -2.29. The van der Waals surface area contributed by atoms with Crippen molar-refractivity contribution in [3.05, 3.63) is 42.0 Å². The molecule has 1 aromatic heterocycles. The summed E-state index contributed by atoms with van der Waals surface area (Å²) in [6.07, 6.45) is 3.60. The molecule has 0 unspecified atom stereocenters. The van der Waals surface area contributed by atoms with Crippen molar-refractivity contribution >= 4 is 0 Å². The number of nitriles is 1. The number of hydrogen-bond acceptors (Lipinski definition) is 4. The fourth-order valence-corrected chi connectivity index (χ4v) is 2.09. The average molecular weight is 271 g/mol. The van der Waals surface area contributed by atoms with E-state index in [2.05, 4.69) is 11.1 Å². The first kappa shape index (κ1) is 13.9. The molecule has 5 nitrogen and oxygen atoms in total. The summed E-state index contributed by atoms with van der Waals surface area (Å²) in [6.45, 7) is 3.87. The summed E-state index contributed by atoms with van der Waals surface area (Å²) in [6, 6.07) is 7.17. The van der Waals surface area contributed by atoms with Crippen LogP contribution in [0.15, 0.2) is 30.6 Å². The molecule has 0 radical (unpaired) electrons. The van der Waals surface area contributed by atoms with Crippen LogP contribution < -0.4 is 9.47 Å². The summed E-state index contributed by atoms with van der Waals surface area (Å²) in [7, 11) is 3.47. The van der Waals surface area contributed by atoms with E-state index in [0.29, 0.717) is 17.1 Å². The number of imidazole rings is 1. The SMILES string of the molecule is COc1cc(C#N)ccc1OC(C)(C)c1nccn1C. The molecule has 5 heteroatoms. The van der Waals surface area contributed by atoms with Gasteiger partial charge in [-0.2, -0.15) is 5.26 Å². The van der Waals surface area contributed by atoms with Gasteiger partial charge in [-0.15, -0.1) is 0 Å². The Morgan fingerprint density at radius 3 is 2.60 bits per heavy atom. The van der Waals surface area contributed by atoms with E-state index in [1.807, 2.05) is 31.7 Å². The normalized spacial score (nSPS) is 10.9. The minimum Gasteiger partial charge on any atom is -0.493 e. The summed E-state index contributed by atoms with van der Waals surface area (Å²) >= 11 is 0. The van der Waals surface area contributed by atoms with Gasteiger partial charge in [0.2, 0.25) is 0 Å². The summed E-state index contributed by atoms with van der Waals surface area (Å²) in [5, 5.41) is 8.91. The number of aryl methyl sites for hydroxylation is 1. The van der Waals surface area contributed by atoms with Crippen molar-refractivity contribution in [2.24, 2.45) is 7.05 Å². The lowest BCUT2D eigenvalue weighted by molar-refractivity contribution is 0.0911. The number of nitrogens with zero attached hydrogens (tertiary/aromatic N) is 3. The van der Waals surface area contributed by atoms with E-state index in [4.69, 9.17) is 14.7 Å². The van der Waals surface area contributed by atoms with Crippen molar-refractivity contribution in [1.82, 2.24) is 9.55 Å². The predicted octanol–water partition coefficient (Wildman–Crippen LogP) is 2.61. The van der Waals surface area contributed by atoms with Crippen molar-refractivity contribution in [3.8, 4) is 17.6 Å². The maximum absolute atomic E-state index is 8.91. The van der Waals surface area contributed by atoms with Crippen molar-refractivity contribution in [1.29, 1.82) is 5.26 Å². The quantitative estimate of drug-likeness (QED) is 0.857. The Morgan fingerprint density at radius 2 is 2.05 bits per heavy atom. The lowest BCUT2D eigenvalue weighted by Gasteiger charge is -2.26. The van der Waals surface area contributed by atoms with Crippen LogP contribution in [-0.2, 0) is 12.6 Å². The molecule has 1 aromatic carbocycles. The van der Waals surface area contributed by atoms with E-state index < -0.39 is 5.60 Å². The highest BCUT2D eigenvalue weighted by molar-refractivity contribution is 5.47. The molecule has 0 atom stereocenters. The zero-order valence-corrected chi connectivity index (χ0v) is 12.0. The van der Waals surface area contributed by atoms with Crippen LogP contribution in [0.3, 0.4) is 0 Å². The molecule has 0 aliphatic rings. The first-order valence-electron chi connectivity index (χ1n) is 6.23. The Balaban J connectivity index is 2.35. The van der Waals surface area contributed by atoms with Crippen LogP contribution in [0.5, 0.6) is 11.5 Å². The summed E-state index contributed by atoms with van der Waals surface area (Å²) in [4.78, 5) is 4.32. The van der Waals surface area contributed by atoms with Gasteiger partial charge in [-0.3, -0.25) is 0 Å². The number of rotatable bonds is 4. The van der Waals surface area contributed by atoms with Crippen LogP contribution in [0.1, 0.15) is 25.2 Å². The molecular weight excluding hydrogens is 254 g/mol.